The number of rotatable bonds is 11. The number of amides is 2. The standard InChI is InChI=1S/C31H39FN2O6Si/c1-41(2,3)17-16-39-31(36)34-13-12-27(23-8-10-25(32)11-9-23)29(20-34)40-21-22-18-24-6-4-5-7-26(24)28(19-22)37-14-15-38-30(33)35/h4-11,18-19,27,29H,12-17,20-21H2,1-3H3,(H2,33,35). The van der Waals surface area contributed by atoms with Crippen molar-refractivity contribution in [1.29, 1.82) is 0 Å². The van der Waals surface area contributed by atoms with E-state index in [-0.39, 0.29) is 43.8 Å². The number of primary amides is 1. The molecule has 0 radical (unpaired) electrons. The van der Waals surface area contributed by atoms with E-state index in [9.17, 15) is 14.0 Å². The second-order valence-electron chi connectivity index (χ2n) is 11.5. The van der Waals surface area contributed by atoms with Gasteiger partial charge in [0.2, 0.25) is 0 Å². The molecule has 1 aliphatic rings. The topological polar surface area (TPSA) is 100 Å². The molecule has 0 saturated carbocycles. The van der Waals surface area contributed by atoms with Crippen LogP contribution in [0.15, 0.2) is 60.7 Å². The molecule has 2 unspecified atom stereocenters. The molecule has 4 rings (SSSR count). The maximum absolute atomic E-state index is 13.7. The van der Waals surface area contributed by atoms with Gasteiger partial charge in [-0.1, -0.05) is 56.0 Å². The number of nitrogens with two attached hydrogens (primary N) is 1. The lowest BCUT2D eigenvalue weighted by molar-refractivity contribution is -0.0234. The molecule has 0 spiro atoms. The van der Waals surface area contributed by atoms with Crippen molar-refractivity contribution in [3.63, 3.8) is 0 Å². The molecule has 0 aromatic heterocycles. The van der Waals surface area contributed by atoms with Crippen LogP contribution in [0.1, 0.15) is 23.5 Å². The Labute approximate surface area is 241 Å². The number of carbonyl (C=O) groups is 2. The molecule has 1 aliphatic heterocycles. The predicted octanol–water partition coefficient (Wildman–Crippen LogP) is 6.30. The lowest BCUT2D eigenvalue weighted by Gasteiger charge is -2.38. The zero-order chi connectivity index (χ0) is 29.4. The van der Waals surface area contributed by atoms with E-state index in [1.54, 1.807) is 17.0 Å². The third-order valence-electron chi connectivity index (χ3n) is 7.13. The number of nitrogens with zero attached hydrogens (tertiary/aromatic N) is 1. The smallest absolute Gasteiger partial charge is 0.409 e. The van der Waals surface area contributed by atoms with Crippen LogP contribution in [0.3, 0.4) is 0 Å². The van der Waals surface area contributed by atoms with E-state index < -0.39 is 14.2 Å². The van der Waals surface area contributed by atoms with Crippen LogP contribution in [0.2, 0.25) is 25.7 Å². The van der Waals surface area contributed by atoms with Gasteiger partial charge in [0.15, 0.2) is 0 Å². The quantitative estimate of drug-likeness (QED) is 0.210. The Balaban J connectivity index is 1.49. The minimum atomic E-state index is -1.33. The maximum atomic E-state index is 13.7. The normalized spacial score (nSPS) is 17.3. The Morgan fingerprint density at radius 2 is 1.76 bits per heavy atom. The van der Waals surface area contributed by atoms with Crippen molar-refractivity contribution in [2.24, 2.45) is 5.73 Å². The van der Waals surface area contributed by atoms with Gasteiger partial charge in [-0.2, -0.15) is 0 Å². The third-order valence-corrected chi connectivity index (χ3v) is 8.83. The van der Waals surface area contributed by atoms with Crippen LogP contribution in [-0.2, 0) is 20.8 Å². The van der Waals surface area contributed by atoms with Gasteiger partial charge in [0, 0.05) is 25.9 Å². The van der Waals surface area contributed by atoms with Gasteiger partial charge < -0.3 is 29.6 Å². The molecule has 10 heteroatoms. The van der Waals surface area contributed by atoms with Gasteiger partial charge in [-0.05, 0) is 53.2 Å². The summed E-state index contributed by atoms with van der Waals surface area (Å²) in [7, 11) is -1.33. The Kier molecular flexibility index (Phi) is 10.2. The second-order valence-corrected chi connectivity index (χ2v) is 17.1. The van der Waals surface area contributed by atoms with Crippen molar-refractivity contribution < 1.29 is 32.9 Å². The Bertz CT molecular complexity index is 1330. The van der Waals surface area contributed by atoms with Gasteiger partial charge in [-0.15, -0.1) is 0 Å². The highest BCUT2D eigenvalue weighted by atomic mass is 28.3. The minimum absolute atomic E-state index is 0.0104. The zero-order valence-electron chi connectivity index (χ0n) is 23.9. The van der Waals surface area contributed by atoms with E-state index in [1.165, 1.54) is 12.1 Å². The van der Waals surface area contributed by atoms with Crippen LogP contribution in [0.5, 0.6) is 5.75 Å². The molecule has 1 saturated heterocycles. The van der Waals surface area contributed by atoms with Gasteiger partial charge in [-0.25, -0.2) is 14.0 Å². The molecule has 2 N–H and O–H groups in total. The highest BCUT2D eigenvalue weighted by Crippen LogP contribution is 2.33. The fourth-order valence-corrected chi connectivity index (χ4v) is 5.63. The molecule has 3 aromatic carbocycles. The summed E-state index contributed by atoms with van der Waals surface area (Å²) in [6.45, 7) is 8.54. The molecule has 0 aliphatic carbocycles. The van der Waals surface area contributed by atoms with E-state index in [1.807, 2.05) is 36.4 Å². The molecule has 220 valence electrons. The minimum Gasteiger partial charge on any atom is -0.489 e. The Hall–Kier alpha value is -3.63. The van der Waals surface area contributed by atoms with E-state index in [0.29, 0.717) is 31.9 Å². The van der Waals surface area contributed by atoms with Crippen molar-refractivity contribution in [2.45, 2.75) is 50.7 Å². The van der Waals surface area contributed by atoms with Crippen LogP contribution in [0.4, 0.5) is 14.0 Å². The molecular weight excluding hydrogens is 543 g/mol. The van der Waals surface area contributed by atoms with Crippen molar-refractivity contribution in [3.8, 4) is 5.75 Å². The van der Waals surface area contributed by atoms with Gasteiger partial charge in [0.25, 0.3) is 0 Å². The van der Waals surface area contributed by atoms with Gasteiger partial charge in [0.05, 0.1) is 25.9 Å². The van der Waals surface area contributed by atoms with Gasteiger partial charge in [0.1, 0.15) is 24.8 Å². The van der Waals surface area contributed by atoms with E-state index in [0.717, 1.165) is 27.9 Å². The summed E-state index contributed by atoms with van der Waals surface area (Å²) in [5.74, 6) is 0.337. The Morgan fingerprint density at radius 3 is 2.49 bits per heavy atom. The summed E-state index contributed by atoms with van der Waals surface area (Å²) in [4.78, 5) is 25.5. The molecule has 41 heavy (non-hydrogen) atoms. The van der Waals surface area contributed by atoms with E-state index in [4.69, 9.17) is 24.7 Å². The van der Waals surface area contributed by atoms with Crippen LogP contribution < -0.4 is 10.5 Å². The van der Waals surface area contributed by atoms with E-state index in [2.05, 4.69) is 19.6 Å². The first-order valence-electron chi connectivity index (χ1n) is 13.9. The number of piperidine rings is 1. The number of hydrogen-bond donors (Lipinski definition) is 1. The summed E-state index contributed by atoms with van der Waals surface area (Å²) >= 11 is 0. The highest BCUT2D eigenvalue weighted by molar-refractivity contribution is 6.76. The average Bonchev–Trinajstić information content (AvgIpc) is 2.93. The molecule has 2 atom stereocenters. The highest BCUT2D eigenvalue weighted by Gasteiger charge is 2.34. The van der Waals surface area contributed by atoms with Crippen LogP contribution >= 0.6 is 0 Å². The molecule has 1 fully saturated rings. The van der Waals surface area contributed by atoms with Gasteiger partial charge in [-0.3, -0.25) is 0 Å². The predicted molar refractivity (Wildman–Crippen MR) is 158 cm³/mol. The number of benzene rings is 3. The van der Waals surface area contributed by atoms with Gasteiger partial charge >= 0.3 is 12.2 Å². The maximum Gasteiger partial charge on any atom is 0.409 e. The molecule has 3 aromatic rings. The number of halogens is 1. The SMILES string of the molecule is C[Si](C)(C)CCOC(=O)N1CCC(c2ccc(F)cc2)C(OCc2cc(OCCOC(N)=O)c3ccccc3c2)C1. The average molecular weight is 583 g/mol. The fraction of sp³-hybridized carbons (Fsp3) is 0.419. The number of ether oxygens (including phenoxy) is 4. The second kappa shape index (κ2) is 13.8. The summed E-state index contributed by atoms with van der Waals surface area (Å²) < 4.78 is 36.5. The number of likely N-dealkylation sites (tertiary alicyclic amines) is 1. The lowest BCUT2D eigenvalue weighted by Crippen LogP contribution is -2.47. The Morgan fingerprint density at radius 1 is 1.00 bits per heavy atom. The van der Waals surface area contributed by atoms with E-state index >= 15 is 0 Å². The zero-order valence-corrected chi connectivity index (χ0v) is 24.9. The molecular formula is C31H39FN2O6Si. The summed E-state index contributed by atoms with van der Waals surface area (Å²) in [6.07, 6.45) is -0.823. The first kappa shape index (κ1) is 30.3. The van der Waals surface area contributed by atoms with Crippen LogP contribution in [0, 0.1) is 5.82 Å². The van der Waals surface area contributed by atoms with Crippen molar-refractivity contribution >= 4 is 31.0 Å². The summed E-state index contributed by atoms with van der Waals surface area (Å²) in [5, 5.41) is 1.90. The van der Waals surface area contributed by atoms with Crippen LogP contribution in [-0.4, -0.2) is 64.2 Å². The van der Waals surface area contributed by atoms with Crippen molar-refractivity contribution in [2.75, 3.05) is 32.9 Å². The number of fused-ring (bicyclic) bond motifs is 1. The fourth-order valence-electron chi connectivity index (χ4n) is 4.91. The van der Waals surface area contributed by atoms with Crippen LogP contribution in [0.25, 0.3) is 10.8 Å². The van der Waals surface area contributed by atoms with Crippen molar-refractivity contribution in [3.05, 3.63) is 77.6 Å². The molecule has 0 bridgehead atoms. The molecule has 2 amide bonds. The number of hydrogen-bond acceptors (Lipinski definition) is 6. The monoisotopic (exact) mass is 582 g/mol. The molecule has 8 nitrogen and oxygen atoms in total. The lowest BCUT2D eigenvalue weighted by atomic mass is 9.87. The molecule has 1 heterocycles. The summed E-state index contributed by atoms with van der Waals surface area (Å²) in [5.41, 5.74) is 6.91. The third kappa shape index (κ3) is 8.93. The summed E-state index contributed by atoms with van der Waals surface area (Å²) in [6, 6.07) is 19.2. The van der Waals surface area contributed by atoms with Crippen molar-refractivity contribution in [1.82, 2.24) is 4.90 Å². The number of carbonyl (C=O) groups excluding carboxylic acids is 2. The largest absolute Gasteiger partial charge is 0.489 e. The first-order chi connectivity index (χ1) is 19.6. The first-order valence-corrected chi connectivity index (χ1v) is 17.7.